The Morgan fingerprint density at radius 1 is 1.63 bits per heavy atom. The Kier molecular flexibility index (Phi) is 3.56. The van der Waals surface area contributed by atoms with Crippen LogP contribution in [0.1, 0.15) is 6.42 Å². The molecule has 2 heterocycles. The lowest BCUT2D eigenvalue weighted by Gasteiger charge is -2.20. The Hall–Kier alpha value is -1.16. The summed E-state index contributed by atoms with van der Waals surface area (Å²) in [5, 5.41) is 9.12. The minimum Gasteiger partial charge on any atom is -0.392 e. The van der Waals surface area contributed by atoms with E-state index in [4.69, 9.17) is 17.3 Å². The number of primary amides is 1. The lowest BCUT2D eigenvalue weighted by molar-refractivity contribution is -0.121. The lowest BCUT2D eigenvalue weighted by atomic mass is 10.2. The number of hydrogen-bond acceptors (Lipinski definition) is 5. The first kappa shape index (κ1) is 14.3. The number of carbonyl (C=O) groups is 1. The molecule has 1 aromatic heterocycles. The minimum absolute atomic E-state index is 0.0288. The van der Waals surface area contributed by atoms with Gasteiger partial charge in [0.05, 0.1) is 12.4 Å². The highest BCUT2D eigenvalue weighted by molar-refractivity contribution is 7.89. The number of sulfonamides is 1. The number of β-amino-alcohol motifs (C(OH)–C–C–N with tert-alkyl or cyclic N) is 1. The van der Waals surface area contributed by atoms with E-state index in [1.807, 2.05) is 0 Å². The first-order valence-electron chi connectivity index (χ1n) is 5.41. The van der Waals surface area contributed by atoms with E-state index in [-0.39, 0.29) is 23.1 Å². The molecule has 0 saturated carbocycles. The highest BCUT2D eigenvalue weighted by atomic mass is 35.5. The van der Waals surface area contributed by atoms with Crippen molar-refractivity contribution < 1.29 is 18.3 Å². The molecular weight excluding hydrogens is 296 g/mol. The molecule has 2 unspecified atom stereocenters. The maximum absolute atomic E-state index is 12.4. The van der Waals surface area contributed by atoms with Crippen LogP contribution in [0, 0.1) is 0 Å². The second kappa shape index (κ2) is 4.75. The first-order chi connectivity index (χ1) is 8.75. The number of aryl methyl sites for hydroxylation is 1. The zero-order valence-electron chi connectivity index (χ0n) is 10.0. The van der Waals surface area contributed by atoms with E-state index in [9.17, 15) is 18.3 Å². The topological polar surface area (TPSA) is 119 Å². The van der Waals surface area contributed by atoms with Crippen LogP contribution >= 0.6 is 11.6 Å². The molecule has 0 aromatic carbocycles. The third-order valence-electron chi connectivity index (χ3n) is 2.95. The molecule has 8 nitrogen and oxygen atoms in total. The fraction of sp³-hybridized carbons (Fsp3) is 0.556. The number of nitrogens with two attached hydrogens (primary N) is 1. The van der Waals surface area contributed by atoms with Crippen molar-refractivity contribution in [3.05, 3.63) is 11.5 Å². The number of aliphatic hydroxyl groups is 1. The maximum Gasteiger partial charge on any atom is 0.264 e. The van der Waals surface area contributed by atoms with Crippen LogP contribution < -0.4 is 5.73 Å². The van der Waals surface area contributed by atoms with Gasteiger partial charge in [-0.15, -0.1) is 0 Å². The number of nitrogens with zero attached hydrogens (tertiary/aromatic N) is 3. The van der Waals surface area contributed by atoms with Crippen LogP contribution in [-0.2, 0) is 21.9 Å². The van der Waals surface area contributed by atoms with Crippen LogP contribution in [0.3, 0.4) is 0 Å². The number of aromatic nitrogens is 2. The number of hydrogen-bond donors (Lipinski definition) is 2. The number of carbonyl (C=O) groups excluding carboxylic acids is 1. The van der Waals surface area contributed by atoms with Gasteiger partial charge in [0.2, 0.25) is 10.9 Å². The van der Waals surface area contributed by atoms with Gasteiger partial charge in [0.1, 0.15) is 11.2 Å². The van der Waals surface area contributed by atoms with Gasteiger partial charge in [0, 0.05) is 20.0 Å². The normalized spacial score (nSPS) is 24.8. The molecule has 19 heavy (non-hydrogen) atoms. The molecule has 106 valence electrons. The van der Waals surface area contributed by atoms with E-state index < -0.39 is 28.1 Å². The molecule has 2 rings (SSSR count). The Morgan fingerprint density at radius 3 is 2.74 bits per heavy atom. The van der Waals surface area contributed by atoms with Crippen LogP contribution in [0.15, 0.2) is 11.4 Å². The van der Waals surface area contributed by atoms with E-state index in [1.54, 1.807) is 7.05 Å². The maximum atomic E-state index is 12.4. The van der Waals surface area contributed by atoms with E-state index in [0.29, 0.717) is 0 Å². The van der Waals surface area contributed by atoms with Crippen molar-refractivity contribution in [2.75, 3.05) is 6.54 Å². The zero-order chi connectivity index (χ0) is 14.4. The summed E-state index contributed by atoms with van der Waals surface area (Å²) in [6.45, 7) is -0.206. The molecule has 1 amide bonds. The smallest absolute Gasteiger partial charge is 0.264 e. The molecule has 1 saturated heterocycles. The van der Waals surface area contributed by atoms with Crippen molar-refractivity contribution in [1.82, 2.24) is 13.9 Å². The standard InChI is InChI=1S/C9H13ClN4O4S/c1-13-4-12-9(7(13)10)19(17,18)14-3-5(15)2-6(14)8(11)16/h4-6,15H,2-3H2,1H3,(H2,11,16). The van der Waals surface area contributed by atoms with Gasteiger partial charge in [0.15, 0.2) is 0 Å². The van der Waals surface area contributed by atoms with Crippen molar-refractivity contribution in [3.63, 3.8) is 0 Å². The number of rotatable bonds is 3. The molecule has 1 aliphatic rings. The third-order valence-corrected chi connectivity index (χ3v) is 5.32. The summed E-state index contributed by atoms with van der Waals surface area (Å²) in [4.78, 5) is 15.0. The van der Waals surface area contributed by atoms with E-state index >= 15 is 0 Å². The van der Waals surface area contributed by atoms with Gasteiger partial charge >= 0.3 is 0 Å². The predicted octanol–water partition coefficient (Wildman–Crippen LogP) is -1.32. The molecule has 1 aromatic rings. The van der Waals surface area contributed by atoms with Crippen molar-refractivity contribution in [1.29, 1.82) is 0 Å². The summed E-state index contributed by atoms with van der Waals surface area (Å²) in [5.74, 6) is -0.813. The van der Waals surface area contributed by atoms with Crippen molar-refractivity contribution >= 4 is 27.5 Å². The molecule has 0 bridgehead atoms. The monoisotopic (exact) mass is 308 g/mol. The molecule has 0 radical (unpaired) electrons. The molecule has 3 N–H and O–H groups in total. The largest absolute Gasteiger partial charge is 0.392 e. The van der Waals surface area contributed by atoms with Gasteiger partial charge in [-0.2, -0.15) is 4.31 Å². The Balaban J connectivity index is 2.45. The lowest BCUT2D eigenvalue weighted by Crippen LogP contribution is -2.43. The zero-order valence-corrected chi connectivity index (χ0v) is 11.6. The second-order valence-corrected chi connectivity index (χ2v) is 6.50. The highest BCUT2D eigenvalue weighted by Crippen LogP contribution is 2.28. The summed E-state index contributed by atoms with van der Waals surface area (Å²) < 4.78 is 26.9. The van der Waals surface area contributed by atoms with Gasteiger partial charge < -0.3 is 15.4 Å². The molecule has 0 aliphatic carbocycles. The van der Waals surface area contributed by atoms with Gasteiger partial charge in [0.25, 0.3) is 10.0 Å². The number of amides is 1. The van der Waals surface area contributed by atoms with Crippen LogP contribution in [0.25, 0.3) is 0 Å². The highest BCUT2D eigenvalue weighted by Gasteiger charge is 2.44. The SMILES string of the molecule is Cn1cnc(S(=O)(=O)N2CC(O)CC2C(N)=O)c1Cl. The van der Waals surface area contributed by atoms with Gasteiger partial charge in [-0.25, -0.2) is 13.4 Å². The number of imidazole rings is 1. The molecular formula is C9H13ClN4O4S. The van der Waals surface area contributed by atoms with Crippen molar-refractivity contribution in [3.8, 4) is 0 Å². The second-order valence-electron chi connectivity index (χ2n) is 4.33. The van der Waals surface area contributed by atoms with Gasteiger partial charge in [-0.3, -0.25) is 4.79 Å². The molecule has 0 spiro atoms. The van der Waals surface area contributed by atoms with Gasteiger partial charge in [-0.05, 0) is 0 Å². The van der Waals surface area contributed by atoms with Crippen molar-refractivity contribution in [2.24, 2.45) is 12.8 Å². The predicted molar refractivity (Wildman–Crippen MR) is 65.7 cm³/mol. The quantitative estimate of drug-likeness (QED) is 0.718. The van der Waals surface area contributed by atoms with E-state index in [1.165, 1.54) is 10.9 Å². The third kappa shape index (κ3) is 2.34. The van der Waals surface area contributed by atoms with Crippen LogP contribution in [0.2, 0.25) is 5.15 Å². The molecule has 10 heteroatoms. The summed E-state index contributed by atoms with van der Waals surface area (Å²) >= 11 is 5.85. The van der Waals surface area contributed by atoms with E-state index in [0.717, 1.165) is 4.31 Å². The Bertz CT molecular complexity index is 614. The summed E-state index contributed by atoms with van der Waals surface area (Å²) in [6.07, 6.45) is 0.287. The number of halogens is 1. The molecule has 1 aliphatic heterocycles. The Labute approximate surface area is 114 Å². The minimum atomic E-state index is -4.07. The Morgan fingerprint density at radius 2 is 2.26 bits per heavy atom. The van der Waals surface area contributed by atoms with Crippen molar-refractivity contribution in [2.45, 2.75) is 23.6 Å². The van der Waals surface area contributed by atoms with Gasteiger partial charge in [-0.1, -0.05) is 11.6 Å². The fourth-order valence-corrected chi connectivity index (χ4v) is 4.02. The molecule has 1 fully saturated rings. The molecule has 2 atom stereocenters. The van der Waals surface area contributed by atoms with E-state index in [2.05, 4.69) is 4.98 Å². The van der Waals surface area contributed by atoms with Crippen LogP contribution in [0.5, 0.6) is 0 Å². The summed E-state index contributed by atoms with van der Waals surface area (Å²) in [7, 11) is -2.53. The first-order valence-corrected chi connectivity index (χ1v) is 7.23. The summed E-state index contributed by atoms with van der Waals surface area (Å²) in [6, 6.07) is -1.09. The average molecular weight is 309 g/mol. The average Bonchev–Trinajstić information content (AvgIpc) is 2.85. The fourth-order valence-electron chi connectivity index (χ4n) is 1.99. The number of aliphatic hydroxyl groups excluding tert-OH is 1. The van der Waals surface area contributed by atoms with Crippen LogP contribution in [0.4, 0.5) is 0 Å². The summed E-state index contributed by atoms with van der Waals surface area (Å²) in [5.41, 5.74) is 5.15. The van der Waals surface area contributed by atoms with Crippen LogP contribution in [-0.4, -0.2) is 52.0 Å².